The second kappa shape index (κ2) is 12.2. The third-order valence-electron chi connectivity index (χ3n) is 7.30. The van der Waals surface area contributed by atoms with E-state index in [9.17, 15) is 9.18 Å². The van der Waals surface area contributed by atoms with Gasteiger partial charge in [0.2, 0.25) is 5.88 Å². The first-order valence-corrected chi connectivity index (χ1v) is 14.3. The van der Waals surface area contributed by atoms with Gasteiger partial charge in [0.25, 0.3) is 0 Å². The van der Waals surface area contributed by atoms with Gasteiger partial charge in [-0.1, -0.05) is 28.1 Å². The van der Waals surface area contributed by atoms with Crippen molar-refractivity contribution in [2.75, 3.05) is 13.7 Å². The molecule has 0 saturated carbocycles. The second-order valence-electron chi connectivity index (χ2n) is 10.1. The molecule has 43 heavy (non-hydrogen) atoms. The number of rotatable bonds is 9. The van der Waals surface area contributed by atoms with Gasteiger partial charge in [-0.2, -0.15) is 0 Å². The molecular formula is C32H25BrF3N3O4. The summed E-state index contributed by atoms with van der Waals surface area (Å²) in [7, 11) is 1.31. The zero-order chi connectivity index (χ0) is 30.1. The van der Waals surface area contributed by atoms with E-state index < -0.39 is 23.4 Å². The van der Waals surface area contributed by atoms with Gasteiger partial charge in [-0.3, -0.25) is 0 Å². The Kier molecular flexibility index (Phi) is 8.18. The van der Waals surface area contributed by atoms with Crippen LogP contribution in [-0.4, -0.2) is 40.3 Å². The summed E-state index contributed by atoms with van der Waals surface area (Å²) in [5, 5.41) is 0. The molecule has 7 nitrogen and oxygen atoms in total. The van der Waals surface area contributed by atoms with E-state index in [4.69, 9.17) is 14.2 Å². The molecule has 1 atom stereocenters. The van der Waals surface area contributed by atoms with Gasteiger partial charge in [0.15, 0.2) is 0 Å². The van der Waals surface area contributed by atoms with Gasteiger partial charge in [0.05, 0.1) is 42.0 Å². The minimum Gasteiger partial charge on any atom is -0.473 e. The van der Waals surface area contributed by atoms with Crippen LogP contribution in [0.5, 0.6) is 5.88 Å². The van der Waals surface area contributed by atoms with Crippen molar-refractivity contribution in [2.45, 2.75) is 32.1 Å². The molecule has 1 saturated heterocycles. The highest BCUT2D eigenvalue weighted by Crippen LogP contribution is 2.29. The molecular weight excluding hydrogens is 627 g/mol. The normalized spacial score (nSPS) is 14.5. The number of aromatic nitrogens is 3. The summed E-state index contributed by atoms with van der Waals surface area (Å²) in [5.74, 6) is -1.57. The summed E-state index contributed by atoms with van der Waals surface area (Å²) in [6.45, 7) is 1.03. The Morgan fingerprint density at radius 3 is 2.56 bits per heavy atom. The van der Waals surface area contributed by atoms with Gasteiger partial charge in [0.1, 0.15) is 29.9 Å². The van der Waals surface area contributed by atoms with Crippen molar-refractivity contribution in [2.24, 2.45) is 0 Å². The largest absolute Gasteiger partial charge is 0.473 e. The average molecular weight is 652 g/mol. The van der Waals surface area contributed by atoms with Gasteiger partial charge >= 0.3 is 5.97 Å². The first-order valence-electron chi connectivity index (χ1n) is 13.5. The highest BCUT2D eigenvalue weighted by Gasteiger charge is 2.24. The summed E-state index contributed by atoms with van der Waals surface area (Å²) in [4.78, 5) is 21.1. The number of methoxy groups -OCH3 is 1. The Bertz CT molecular complexity index is 1840. The Labute approximate surface area is 253 Å². The number of benzene rings is 3. The molecule has 0 amide bonds. The molecule has 1 aliphatic rings. The molecule has 2 aromatic heterocycles. The molecule has 220 valence electrons. The maximum absolute atomic E-state index is 15.5. The molecule has 0 bridgehead atoms. The van der Waals surface area contributed by atoms with Crippen LogP contribution in [0.15, 0.2) is 71.2 Å². The minimum atomic E-state index is -0.669. The minimum absolute atomic E-state index is 0.00727. The molecule has 0 radical (unpaired) electrons. The van der Waals surface area contributed by atoms with Crippen molar-refractivity contribution in [3.8, 4) is 17.1 Å². The van der Waals surface area contributed by atoms with Crippen molar-refractivity contribution in [1.29, 1.82) is 0 Å². The first kappa shape index (κ1) is 28.9. The van der Waals surface area contributed by atoms with Crippen LogP contribution in [0, 0.1) is 17.5 Å². The number of hydrogen-bond acceptors (Lipinski definition) is 6. The van der Waals surface area contributed by atoms with Gasteiger partial charge in [-0.25, -0.2) is 27.9 Å². The van der Waals surface area contributed by atoms with E-state index in [1.54, 1.807) is 48.5 Å². The molecule has 3 aromatic carbocycles. The molecule has 5 aromatic rings. The lowest BCUT2D eigenvalue weighted by molar-refractivity contribution is -0.0589. The number of hydrogen-bond donors (Lipinski definition) is 0. The van der Waals surface area contributed by atoms with Gasteiger partial charge in [-0.05, 0) is 60.5 Å². The van der Waals surface area contributed by atoms with Crippen LogP contribution in [0.1, 0.15) is 33.7 Å². The van der Waals surface area contributed by atoms with E-state index in [0.717, 1.165) is 18.6 Å². The molecule has 0 N–H and O–H groups in total. The zero-order valence-electron chi connectivity index (χ0n) is 23.0. The van der Waals surface area contributed by atoms with Crippen LogP contribution in [0.25, 0.3) is 22.3 Å². The maximum Gasteiger partial charge on any atom is 0.337 e. The standard InChI is InChI=1S/C32H25BrF3N3O4/c1-41-32(40)18-6-8-28-29(12-18)39(16-22-9-10-42-22)30(37-28)13-20-11-26(36)23(15-25(20)35)27-3-2-4-31(38-27)43-17-19-5-7-21(33)14-24(19)34/h2-8,11-12,14-15,22H,9-10,13,16-17H2,1H3/t22-/m0/s1. The molecule has 3 heterocycles. The fraction of sp³-hybridized carbons (Fsp3) is 0.219. The molecule has 0 spiro atoms. The average Bonchev–Trinajstić information content (AvgIpc) is 3.31. The Morgan fingerprint density at radius 1 is 1.00 bits per heavy atom. The van der Waals surface area contributed by atoms with E-state index in [1.807, 2.05) is 4.57 Å². The predicted octanol–water partition coefficient (Wildman–Crippen LogP) is 7.02. The summed E-state index contributed by atoms with van der Waals surface area (Å²) in [6, 6.07) is 16.6. The van der Waals surface area contributed by atoms with E-state index in [-0.39, 0.29) is 41.8 Å². The predicted molar refractivity (Wildman–Crippen MR) is 156 cm³/mol. The first-order chi connectivity index (χ1) is 20.8. The van der Waals surface area contributed by atoms with Gasteiger partial charge in [-0.15, -0.1) is 0 Å². The molecule has 6 rings (SSSR count). The number of nitrogens with zero attached hydrogens (tertiary/aromatic N) is 3. The smallest absolute Gasteiger partial charge is 0.337 e. The summed E-state index contributed by atoms with van der Waals surface area (Å²) < 4.78 is 63.7. The van der Waals surface area contributed by atoms with E-state index >= 15 is 8.78 Å². The highest BCUT2D eigenvalue weighted by atomic mass is 79.9. The maximum atomic E-state index is 15.5. The SMILES string of the molecule is COC(=O)c1ccc2nc(Cc3cc(F)c(-c4cccc(OCc5ccc(Br)cc5F)n4)cc3F)n(C[C@@H]3CCO3)c2c1. The quantitative estimate of drug-likeness (QED) is 0.159. The lowest BCUT2D eigenvalue weighted by Crippen LogP contribution is -2.31. The fourth-order valence-corrected chi connectivity index (χ4v) is 5.25. The lowest BCUT2D eigenvalue weighted by atomic mass is 10.0. The lowest BCUT2D eigenvalue weighted by Gasteiger charge is -2.27. The van der Waals surface area contributed by atoms with Crippen molar-refractivity contribution in [3.63, 3.8) is 0 Å². The number of carbonyl (C=O) groups excluding carboxylic acids is 1. The summed E-state index contributed by atoms with van der Waals surface area (Å²) in [6.07, 6.45) is 0.831. The summed E-state index contributed by atoms with van der Waals surface area (Å²) in [5.41, 5.74) is 2.21. The van der Waals surface area contributed by atoms with Crippen LogP contribution in [0.2, 0.25) is 0 Å². The monoisotopic (exact) mass is 651 g/mol. The Balaban J connectivity index is 1.27. The molecule has 0 unspecified atom stereocenters. The van der Waals surface area contributed by atoms with Crippen LogP contribution >= 0.6 is 15.9 Å². The molecule has 11 heteroatoms. The van der Waals surface area contributed by atoms with Gasteiger partial charge < -0.3 is 18.8 Å². The third kappa shape index (κ3) is 6.14. The number of carbonyl (C=O) groups is 1. The van der Waals surface area contributed by atoms with Gasteiger partial charge in [0, 0.05) is 34.7 Å². The molecule has 1 fully saturated rings. The Morgan fingerprint density at radius 2 is 1.81 bits per heavy atom. The van der Waals surface area contributed by atoms with Crippen molar-refractivity contribution in [1.82, 2.24) is 14.5 Å². The van der Waals surface area contributed by atoms with Crippen molar-refractivity contribution < 1.29 is 32.2 Å². The highest BCUT2D eigenvalue weighted by molar-refractivity contribution is 9.10. The number of pyridine rings is 1. The number of imidazole rings is 1. The number of esters is 1. The van der Waals surface area contributed by atoms with Crippen molar-refractivity contribution in [3.05, 3.63) is 111 Å². The van der Waals surface area contributed by atoms with Crippen LogP contribution in [0.4, 0.5) is 13.2 Å². The van der Waals surface area contributed by atoms with E-state index in [1.165, 1.54) is 13.2 Å². The Hall–Kier alpha value is -4.22. The van der Waals surface area contributed by atoms with Crippen LogP contribution < -0.4 is 4.74 Å². The van der Waals surface area contributed by atoms with Crippen molar-refractivity contribution >= 4 is 32.9 Å². The van der Waals surface area contributed by atoms with Crippen LogP contribution in [0.3, 0.4) is 0 Å². The third-order valence-corrected chi connectivity index (χ3v) is 7.80. The number of ether oxygens (including phenoxy) is 3. The fourth-order valence-electron chi connectivity index (χ4n) is 4.91. The van der Waals surface area contributed by atoms with Crippen LogP contribution in [-0.2, 0) is 29.0 Å². The summed E-state index contributed by atoms with van der Waals surface area (Å²) >= 11 is 3.22. The number of fused-ring (bicyclic) bond motifs is 1. The topological polar surface area (TPSA) is 75.5 Å². The molecule has 0 aliphatic carbocycles. The van der Waals surface area contributed by atoms with E-state index in [2.05, 4.69) is 25.9 Å². The molecule has 1 aliphatic heterocycles. The second-order valence-corrected chi connectivity index (χ2v) is 11.0. The zero-order valence-corrected chi connectivity index (χ0v) is 24.5. The number of halogens is 4. The van der Waals surface area contributed by atoms with E-state index in [0.29, 0.717) is 45.6 Å².